The van der Waals surface area contributed by atoms with Crippen LogP contribution in [0.2, 0.25) is 0 Å². The summed E-state index contributed by atoms with van der Waals surface area (Å²) in [5.74, 6) is 1.58. The molecule has 0 aliphatic carbocycles. The first kappa shape index (κ1) is 14.8. The molecule has 2 rings (SSSR count). The van der Waals surface area contributed by atoms with Crippen LogP contribution in [-0.2, 0) is 6.54 Å². The topological polar surface area (TPSA) is 43.4 Å². The van der Waals surface area contributed by atoms with E-state index in [0.29, 0.717) is 13.2 Å². The second-order valence-corrected chi connectivity index (χ2v) is 5.09. The van der Waals surface area contributed by atoms with Gasteiger partial charge < -0.3 is 14.8 Å². The first-order valence-electron chi connectivity index (χ1n) is 6.38. The monoisotopic (exact) mass is 336 g/mol. The lowest BCUT2D eigenvalue weighted by atomic mass is 10.3. The highest BCUT2D eigenvalue weighted by Gasteiger charge is 1.98. The van der Waals surface area contributed by atoms with Crippen LogP contribution in [0.4, 0.5) is 0 Å². The van der Waals surface area contributed by atoms with Gasteiger partial charge in [0, 0.05) is 11.0 Å². The number of pyridine rings is 1. The van der Waals surface area contributed by atoms with E-state index in [4.69, 9.17) is 9.47 Å². The van der Waals surface area contributed by atoms with Gasteiger partial charge in [0.1, 0.15) is 24.7 Å². The van der Waals surface area contributed by atoms with Gasteiger partial charge in [-0.25, -0.2) is 0 Å². The van der Waals surface area contributed by atoms with Gasteiger partial charge in [0.2, 0.25) is 0 Å². The zero-order chi connectivity index (χ0) is 14.2. The Morgan fingerprint density at radius 1 is 1.10 bits per heavy atom. The van der Waals surface area contributed by atoms with Crippen molar-refractivity contribution in [2.75, 3.05) is 20.3 Å². The Balaban J connectivity index is 1.73. The standard InChI is InChI=1S/C15H17BrN2O2/c1-17-10-13-5-6-15(11-18-13)20-8-7-19-14-4-2-3-12(16)9-14/h2-6,9,11,17H,7-8,10H2,1H3. The predicted octanol–water partition coefficient (Wildman–Crippen LogP) is 3.02. The van der Waals surface area contributed by atoms with E-state index in [9.17, 15) is 0 Å². The first-order valence-corrected chi connectivity index (χ1v) is 7.18. The normalized spacial score (nSPS) is 10.3. The molecule has 1 N–H and O–H groups in total. The van der Waals surface area contributed by atoms with E-state index >= 15 is 0 Å². The van der Waals surface area contributed by atoms with Crippen LogP contribution in [0.1, 0.15) is 5.69 Å². The lowest BCUT2D eigenvalue weighted by molar-refractivity contribution is 0.216. The highest BCUT2D eigenvalue weighted by Crippen LogP contribution is 2.17. The molecule has 2 aromatic rings. The van der Waals surface area contributed by atoms with Crippen molar-refractivity contribution in [3.8, 4) is 11.5 Å². The van der Waals surface area contributed by atoms with Crippen molar-refractivity contribution in [3.05, 3.63) is 52.8 Å². The van der Waals surface area contributed by atoms with Crippen LogP contribution in [0.15, 0.2) is 47.1 Å². The second kappa shape index (κ2) is 7.87. The summed E-state index contributed by atoms with van der Waals surface area (Å²) in [5.41, 5.74) is 0.991. The van der Waals surface area contributed by atoms with Crippen molar-refractivity contribution in [2.45, 2.75) is 6.54 Å². The zero-order valence-electron chi connectivity index (χ0n) is 11.3. The molecule has 106 valence electrons. The quantitative estimate of drug-likeness (QED) is 0.789. The fourth-order valence-corrected chi connectivity index (χ4v) is 2.04. The SMILES string of the molecule is CNCc1ccc(OCCOc2cccc(Br)c2)cn1. The van der Waals surface area contributed by atoms with Gasteiger partial charge in [-0.15, -0.1) is 0 Å². The average Bonchev–Trinajstić information content (AvgIpc) is 2.46. The van der Waals surface area contributed by atoms with Gasteiger partial charge in [-0.1, -0.05) is 22.0 Å². The van der Waals surface area contributed by atoms with Gasteiger partial charge >= 0.3 is 0 Å². The van der Waals surface area contributed by atoms with Crippen LogP contribution in [0, 0.1) is 0 Å². The summed E-state index contributed by atoms with van der Waals surface area (Å²) in [6.45, 7) is 1.74. The summed E-state index contributed by atoms with van der Waals surface area (Å²) < 4.78 is 12.2. The molecule has 4 nitrogen and oxygen atoms in total. The van der Waals surface area contributed by atoms with Gasteiger partial charge in [-0.05, 0) is 37.4 Å². The van der Waals surface area contributed by atoms with Crippen molar-refractivity contribution < 1.29 is 9.47 Å². The molecule has 0 fully saturated rings. The van der Waals surface area contributed by atoms with E-state index < -0.39 is 0 Å². The number of hydrogen-bond acceptors (Lipinski definition) is 4. The molecule has 1 aromatic heterocycles. The smallest absolute Gasteiger partial charge is 0.137 e. The minimum absolute atomic E-state index is 0.486. The fourth-order valence-electron chi connectivity index (χ4n) is 1.66. The second-order valence-electron chi connectivity index (χ2n) is 4.17. The number of nitrogens with one attached hydrogen (secondary N) is 1. The summed E-state index contributed by atoms with van der Waals surface area (Å²) in [6.07, 6.45) is 1.73. The third kappa shape index (κ3) is 4.83. The van der Waals surface area contributed by atoms with Crippen LogP contribution in [0.25, 0.3) is 0 Å². The number of halogens is 1. The molecule has 0 bridgehead atoms. The maximum atomic E-state index is 5.59. The molecule has 0 unspecified atom stereocenters. The summed E-state index contributed by atoms with van der Waals surface area (Å²) in [6, 6.07) is 11.6. The van der Waals surface area contributed by atoms with E-state index in [1.54, 1.807) is 6.20 Å². The van der Waals surface area contributed by atoms with Gasteiger partial charge in [-0.2, -0.15) is 0 Å². The summed E-state index contributed by atoms with van der Waals surface area (Å²) in [7, 11) is 1.89. The van der Waals surface area contributed by atoms with Crippen LogP contribution in [0.5, 0.6) is 11.5 Å². The fraction of sp³-hybridized carbons (Fsp3) is 0.267. The number of ether oxygens (including phenoxy) is 2. The molecular formula is C15H17BrN2O2. The predicted molar refractivity (Wildman–Crippen MR) is 82.1 cm³/mol. The molecule has 0 saturated carbocycles. The molecule has 1 aromatic carbocycles. The van der Waals surface area contributed by atoms with Crippen molar-refractivity contribution in [3.63, 3.8) is 0 Å². The lowest BCUT2D eigenvalue weighted by Crippen LogP contribution is -2.10. The molecule has 1 heterocycles. The molecular weight excluding hydrogens is 320 g/mol. The molecule has 0 amide bonds. The molecule has 0 atom stereocenters. The number of aromatic nitrogens is 1. The van der Waals surface area contributed by atoms with Crippen LogP contribution < -0.4 is 14.8 Å². The summed E-state index contributed by atoms with van der Waals surface area (Å²) in [5, 5.41) is 3.05. The molecule has 0 aliphatic heterocycles. The van der Waals surface area contributed by atoms with Crippen molar-refractivity contribution in [1.82, 2.24) is 10.3 Å². The van der Waals surface area contributed by atoms with Gasteiger partial charge in [0.05, 0.1) is 11.9 Å². The minimum atomic E-state index is 0.486. The van der Waals surface area contributed by atoms with Crippen LogP contribution in [0.3, 0.4) is 0 Å². The Kier molecular flexibility index (Phi) is 5.83. The third-order valence-electron chi connectivity index (χ3n) is 2.57. The van der Waals surface area contributed by atoms with E-state index in [0.717, 1.165) is 28.2 Å². The number of hydrogen-bond donors (Lipinski definition) is 1. The Hall–Kier alpha value is -1.59. The summed E-state index contributed by atoms with van der Waals surface area (Å²) in [4.78, 5) is 4.28. The third-order valence-corrected chi connectivity index (χ3v) is 3.07. The molecule has 5 heteroatoms. The molecule has 0 radical (unpaired) electrons. The minimum Gasteiger partial charge on any atom is -0.490 e. The van der Waals surface area contributed by atoms with Crippen molar-refractivity contribution in [2.24, 2.45) is 0 Å². The highest BCUT2D eigenvalue weighted by molar-refractivity contribution is 9.10. The van der Waals surface area contributed by atoms with Crippen LogP contribution in [-0.4, -0.2) is 25.2 Å². The number of benzene rings is 1. The number of nitrogens with zero attached hydrogens (tertiary/aromatic N) is 1. The van der Waals surface area contributed by atoms with E-state index in [-0.39, 0.29) is 0 Å². The van der Waals surface area contributed by atoms with Crippen LogP contribution >= 0.6 is 15.9 Å². The molecule has 0 saturated heterocycles. The molecule has 0 aliphatic rings. The average molecular weight is 337 g/mol. The number of rotatable bonds is 7. The van der Waals surface area contributed by atoms with Crippen molar-refractivity contribution >= 4 is 15.9 Å². The largest absolute Gasteiger partial charge is 0.490 e. The first-order chi connectivity index (χ1) is 9.78. The maximum Gasteiger partial charge on any atom is 0.137 e. The molecule has 0 spiro atoms. The Labute approximate surface area is 127 Å². The summed E-state index contributed by atoms with van der Waals surface area (Å²) >= 11 is 3.40. The Morgan fingerprint density at radius 2 is 1.90 bits per heavy atom. The van der Waals surface area contributed by atoms with E-state index in [1.807, 2.05) is 43.4 Å². The Bertz CT molecular complexity index is 532. The Morgan fingerprint density at radius 3 is 2.55 bits per heavy atom. The molecule has 20 heavy (non-hydrogen) atoms. The highest BCUT2D eigenvalue weighted by atomic mass is 79.9. The van der Waals surface area contributed by atoms with Gasteiger partial charge in [0.25, 0.3) is 0 Å². The van der Waals surface area contributed by atoms with Gasteiger partial charge in [0.15, 0.2) is 0 Å². The van der Waals surface area contributed by atoms with Gasteiger partial charge in [-0.3, -0.25) is 4.98 Å². The lowest BCUT2D eigenvalue weighted by Gasteiger charge is -2.08. The van der Waals surface area contributed by atoms with E-state index in [2.05, 4.69) is 26.2 Å². The van der Waals surface area contributed by atoms with Crippen molar-refractivity contribution in [1.29, 1.82) is 0 Å². The zero-order valence-corrected chi connectivity index (χ0v) is 12.9. The van der Waals surface area contributed by atoms with E-state index in [1.165, 1.54) is 0 Å². The maximum absolute atomic E-state index is 5.59.